The molecule has 1 fully saturated rings. The molecule has 16 heavy (non-hydrogen) atoms. The molecule has 5 heteroatoms. The molecule has 1 aliphatic rings. The molecule has 90 valence electrons. The lowest BCUT2D eigenvalue weighted by Gasteiger charge is -2.40. The van der Waals surface area contributed by atoms with Crippen LogP contribution in [-0.4, -0.2) is 27.5 Å². The van der Waals surface area contributed by atoms with Crippen LogP contribution in [0.2, 0.25) is 0 Å². The van der Waals surface area contributed by atoms with Gasteiger partial charge in [0.15, 0.2) is 0 Å². The summed E-state index contributed by atoms with van der Waals surface area (Å²) in [6.07, 6.45) is 4.34. The van der Waals surface area contributed by atoms with Crippen molar-refractivity contribution in [3.8, 4) is 0 Å². The third kappa shape index (κ3) is 1.96. The van der Waals surface area contributed by atoms with Gasteiger partial charge in [-0.15, -0.1) is 21.8 Å². The van der Waals surface area contributed by atoms with Crippen LogP contribution >= 0.6 is 11.6 Å². The van der Waals surface area contributed by atoms with E-state index in [0.717, 1.165) is 37.5 Å². The highest BCUT2D eigenvalue weighted by Crippen LogP contribution is 2.37. The smallest absolute Gasteiger partial charge is 0.147 e. The molecule has 0 amide bonds. The summed E-state index contributed by atoms with van der Waals surface area (Å²) in [5, 5.41) is 8.33. The Hall–Kier alpha value is -0.610. The van der Waals surface area contributed by atoms with E-state index in [-0.39, 0.29) is 5.60 Å². The van der Waals surface area contributed by atoms with Crippen LogP contribution in [0.3, 0.4) is 0 Å². The zero-order chi connectivity index (χ0) is 11.6. The number of rotatable bonds is 5. The molecule has 0 aromatic carbocycles. The Morgan fingerprint density at radius 2 is 2.06 bits per heavy atom. The van der Waals surface area contributed by atoms with E-state index in [2.05, 4.69) is 21.7 Å². The van der Waals surface area contributed by atoms with Gasteiger partial charge < -0.3 is 9.30 Å². The molecule has 0 saturated heterocycles. The Labute approximate surface area is 101 Å². The number of aromatic nitrogens is 3. The van der Waals surface area contributed by atoms with E-state index in [1.165, 1.54) is 6.42 Å². The molecule has 0 bridgehead atoms. The van der Waals surface area contributed by atoms with E-state index in [9.17, 15) is 0 Å². The lowest BCUT2D eigenvalue weighted by atomic mass is 9.77. The molecule has 0 spiro atoms. The van der Waals surface area contributed by atoms with Crippen LogP contribution in [0.25, 0.3) is 0 Å². The standard InChI is InChI=1S/C11H18ClN3O/c1-3-15-9(13-14-10(15)8-12)7-11(16-2)5-4-6-11/h3-8H2,1-2H3. The Balaban J connectivity index is 2.17. The first-order valence-corrected chi connectivity index (χ1v) is 6.30. The summed E-state index contributed by atoms with van der Waals surface area (Å²) in [4.78, 5) is 0. The first kappa shape index (κ1) is 11.9. The molecule has 2 rings (SSSR count). The summed E-state index contributed by atoms with van der Waals surface area (Å²) in [6.45, 7) is 2.95. The van der Waals surface area contributed by atoms with Gasteiger partial charge in [-0.1, -0.05) is 0 Å². The van der Waals surface area contributed by atoms with Crippen LogP contribution in [0, 0.1) is 0 Å². The number of halogens is 1. The largest absolute Gasteiger partial charge is 0.378 e. The first-order valence-electron chi connectivity index (χ1n) is 5.77. The van der Waals surface area contributed by atoms with Crippen LogP contribution < -0.4 is 0 Å². The van der Waals surface area contributed by atoms with Gasteiger partial charge in [0.1, 0.15) is 11.6 Å². The monoisotopic (exact) mass is 243 g/mol. The molecule has 0 radical (unpaired) electrons. The van der Waals surface area contributed by atoms with Gasteiger partial charge in [0.2, 0.25) is 0 Å². The van der Waals surface area contributed by atoms with Gasteiger partial charge >= 0.3 is 0 Å². The maximum Gasteiger partial charge on any atom is 0.147 e. The highest BCUT2D eigenvalue weighted by Gasteiger charge is 2.38. The quantitative estimate of drug-likeness (QED) is 0.744. The van der Waals surface area contributed by atoms with Crippen molar-refractivity contribution in [1.82, 2.24) is 14.8 Å². The van der Waals surface area contributed by atoms with E-state index in [0.29, 0.717) is 5.88 Å². The molecule has 1 saturated carbocycles. The average molecular weight is 244 g/mol. The summed E-state index contributed by atoms with van der Waals surface area (Å²) in [6, 6.07) is 0. The summed E-state index contributed by atoms with van der Waals surface area (Å²) in [5.41, 5.74) is 0.00351. The second kappa shape index (κ2) is 4.72. The van der Waals surface area contributed by atoms with E-state index < -0.39 is 0 Å². The summed E-state index contributed by atoms with van der Waals surface area (Å²) >= 11 is 5.82. The van der Waals surface area contributed by atoms with Crippen LogP contribution in [0.15, 0.2) is 0 Å². The number of hydrogen-bond donors (Lipinski definition) is 0. The van der Waals surface area contributed by atoms with Crippen molar-refractivity contribution in [2.45, 2.75) is 50.6 Å². The maximum absolute atomic E-state index is 5.82. The maximum atomic E-state index is 5.82. The van der Waals surface area contributed by atoms with E-state index in [4.69, 9.17) is 16.3 Å². The van der Waals surface area contributed by atoms with Crippen molar-refractivity contribution in [2.24, 2.45) is 0 Å². The number of methoxy groups -OCH3 is 1. The second-order valence-electron chi connectivity index (χ2n) is 4.33. The minimum atomic E-state index is 0.00351. The number of nitrogens with zero attached hydrogens (tertiary/aromatic N) is 3. The molecule has 1 aliphatic carbocycles. The van der Waals surface area contributed by atoms with Gasteiger partial charge in [0.25, 0.3) is 0 Å². The lowest BCUT2D eigenvalue weighted by Crippen LogP contribution is -2.42. The van der Waals surface area contributed by atoms with Crippen LogP contribution in [0.5, 0.6) is 0 Å². The fraction of sp³-hybridized carbons (Fsp3) is 0.818. The predicted molar refractivity (Wildman–Crippen MR) is 62.5 cm³/mol. The van der Waals surface area contributed by atoms with Crippen LogP contribution in [0.4, 0.5) is 0 Å². The molecule has 0 N–H and O–H groups in total. The Bertz CT molecular complexity index is 355. The van der Waals surface area contributed by atoms with Crippen LogP contribution in [0.1, 0.15) is 37.8 Å². The topological polar surface area (TPSA) is 39.9 Å². The third-order valence-corrected chi connectivity index (χ3v) is 3.76. The van der Waals surface area contributed by atoms with Gasteiger partial charge in [0, 0.05) is 20.1 Å². The van der Waals surface area contributed by atoms with E-state index in [1.54, 1.807) is 7.11 Å². The summed E-state index contributed by atoms with van der Waals surface area (Å²) < 4.78 is 7.70. The minimum Gasteiger partial charge on any atom is -0.378 e. The van der Waals surface area contributed by atoms with Gasteiger partial charge in [0.05, 0.1) is 11.5 Å². The number of ether oxygens (including phenoxy) is 1. The van der Waals surface area contributed by atoms with Crippen molar-refractivity contribution in [1.29, 1.82) is 0 Å². The molecular weight excluding hydrogens is 226 g/mol. The molecule has 0 aliphatic heterocycles. The fourth-order valence-corrected chi connectivity index (χ4v) is 2.48. The Morgan fingerprint density at radius 1 is 1.38 bits per heavy atom. The van der Waals surface area contributed by atoms with Crippen molar-refractivity contribution >= 4 is 11.6 Å². The lowest BCUT2D eigenvalue weighted by molar-refractivity contribution is -0.0726. The van der Waals surface area contributed by atoms with Gasteiger partial charge in [-0.2, -0.15) is 0 Å². The van der Waals surface area contributed by atoms with Gasteiger partial charge in [-0.05, 0) is 26.2 Å². The Morgan fingerprint density at radius 3 is 2.50 bits per heavy atom. The van der Waals surface area contributed by atoms with Crippen molar-refractivity contribution < 1.29 is 4.74 Å². The average Bonchev–Trinajstić information content (AvgIpc) is 2.65. The molecular formula is C11H18ClN3O. The normalized spacial score (nSPS) is 18.4. The highest BCUT2D eigenvalue weighted by molar-refractivity contribution is 6.16. The first-order chi connectivity index (χ1) is 7.74. The SMILES string of the molecule is CCn1c(CCl)nnc1CC1(OC)CCC1. The summed E-state index contributed by atoms with van der Waals surface area (Å²) in [7, 11) is 1.79. The second-order valence-corrected chi connectivity index (χ2v) is 4.60. The number of alkyl halides is 1. The third-order valence-electron chi connectivity index (χ3n) is 3.52. The number of hydrogen-bond acceptors (Lipinski definition) is 3. The molecule has 4 nitrogen and oxygen atoms in total. The van der Waals surface area contributed by atoms with Crippen molar-refractivity contribution in [3.05, 3.63) is 11.6 Å². The van der Waals surface area contributed by atoms with E-state index in [1.807, 2.05) is 0 Å². The molecule has 0 atom stereocenters. The van der Waals surface area contributed by atoms with Crippen molar-refractivity contribution in [3.63, 3.8) is 0 Å². The highest BCUT2D eigenvalue weighted by atomic mass is 35.5. The molecule has 1 aromatic heterocycles. The Kier molecular flexibility index (Phi) is 3.50. The zero-order valence-corrected chi connectivity index (χ0v) is 10.6. The van der Waals surface area contributed by atoms with Crippen LogP contribution in [-0.2, 0) is 23.6 Å². The van der Waals surface area contributed by atoms with Crippen molar-refractivity contribution in [2.75, 3.05) is 7.11 Å². The van der Waals surface area contributed by atoms with E-state index >= 15 is 0 Å². The summed E-state index contributed by atoms with van der Waals surface area (Å²) in [5.74, 6) is 2.27. The van der Waals surface area contributed by atoms with Gasteiger partial charge in [-0.3, -0.25) is 0 Å². The molecule has 1 aromatic rings. The fourth-order valence-electron chi connectivity index (χ4n) is 2.28. The van der Waals surface area contributed by atoms with Gasteiger partial charge in [-0.25, -0.2) is 0 Å². The molecule has 1 heterocycles. The predicted octanol–water partition coefficient (Wildman–Crippen LogP) is 2.15. The minimum absolute atomic E-state index is 0.00351. The zero-order valence-electron chi connectivity index (χ0n) is 9.87. The molecule has 0 unspecified atom stereocenters.